The van der Waals surface area contributed by atoms with Crippen LogP contribution in [0.2, 0.25) is 0 Å². The molecule has 3 rings (SSSR count). The number of ether oxygens (including phenoxy) is 1. The Hall–Kier alpha value is -2.12. The lowest BCUT2D eigenvalue weighted by molar-refractivity contribution is 0.105. The van der Waals surface area contributed by atoms with Gasteiger partial charge in [-0.15, -0.1) is 0 Å². The molecule has 1 aromatic carbocycles. The van der Waals surface area contributed by atoms with Crippen LogP contribution >= 0.6 is 0 Å². The first-order valence-corrected chi connectivity index (χ1v) is 7.73. The molecule has 0 spiro atoms. The second kappa shape index (κ2) is 7.43. The fourth-order valence-corrected chi connectivity index (χ4v) is 2.56. The van der Waals surface area contributed by atoms with Crippen molar-refractivity contribution in [2.45, 2.75) is 12.6 Å². The molecule has 2 aromatic rings. The normalized spacial score (nSPS) is 18.1. The molecule has 1 aliphatic rings. The van der Waals surface area contributed by atoms with Crippen molar-refractivity contribution < 1.29 is 14.2 Å². The molecular weight excluding hydrogens is 299 g/mol. The first-order chi connectivity index (χ1) is 11.2. The van der Waals surface area contributed by atoms with Crippen LogP contribution in [0.1, 0.15) is 0 Å². The van der Waals surface area contributed by atoms with E-state index < -0.39 is 6.10 Å². The van der Waals surface area contributed by atoms with Crippen LogP contribution < -0.4 is 15.4 Å². The molecule has 0 fully saturated rings. The van der Waals surface area contributed by atoms with Gasteiger partial charge in [0.25, 0.3) is 0 Å². The van der Waals surface area contributed by atoms with Gasteiger partial charge in [0.05, 0.1) is 6.20 Å². The molecule has 0 saturated carbocycles. The van der Waals surface area contributed by atoms with Crippen molar-refractivity contribution in [3.63, 3.8) is 0 Å². The summed E-state index contributed by atoms with van der Waals surface area (Å²) in [6.45, 7) is 3.17. The van der Waals surface area contributed by atoms with Crippen molar-refractivity contribution >= 4 is 5.82 Å². The maximum Gasteiger partial charge on any atom is 0.124 e. The Morgan fingerprint density at radius 3 is 3.04 bits per heavy atom. The molecule has 0 radical (unpaired) electrons. The zero-order valence-electron chi connectivity index (χ0n) is 12.8. The summed E-state index contributed by atoms with van der Waals surface area (Å²) in [5.41, 5.74) is 0. The predicted molar refractivity (Wildman–Crippen MR) is 85.0 cm³/mol. The molecule has 1 aliphatic heterocycles. The molecule has 0 amide bonds. The molecule has 1 aromatic heterocycles. The number of hydrogen-bond donors (Lipinski definition) is 3. The van der Waals surface area contributed by atoms with Crippen LogP contribution in [0.4, 0.5) is 10.2 Å². The fraction of sp³-hybridized carbons (Fsp3) is 0.438. The molecule has 124 valence electrons. The molecule has 0 aliphatic carbocycles. The standard InChI is InChI=1S/C16H21FN4O2/c17-13-1-3-15(4-2-13)23-11-14(22)9-18-7-12-8-19-16-5-6-20-21(16)10-12/h1-6,12,14,18-19,22H,7-11H2/t12-,14-/m1/s1. The van der Waals surface area contributed by atoms with Crippen molar-refractivity contribution in [3.05, 3.63) is 42.3 Å². The lowest BCUT2D eigenvalue weighted by atomic mass is 10.1. The van der Waals surface area contributed by atoms with Gasteiger partial charge < -0.3 is 20.5 Å². The SMILES string of the molecule is O[C@H](CNC[C@@H]1CNc2ccnn2C1)COc1ccc(F)cc1. The zero-order valence-corrected chi connectivity index (χ0v) is 12.8. The third-order valence-electron chi connectivity index (χ3n) is 3.79. The lowest BCUT2D eigenvalue weighted by Gasteiger charge is -2.25. The Kier molecular flexibility index (Phi) is 5.09. The first kappa shape index (κ1) is 15.8. The molecular formula is C16H21FN4O2. The summed E-state index contributed by atoms with van der Waals surface area (Å²) >= 11 is 0. The minimum atomic E-state index is -0.614. The third-order valence-corrected chi connectivity index (χ3v) is 3.79. The second-order valence-electron chi connectivity index (χ2n) is 5.72. The summed E-state index contributed by atoms with van der Waals surface area (Å²) in [6, 6.07) is 7.72. The molecule has 2 atom stereocenters. The van der Waals surface area contributed by atoms with Gasteiger partial charge in [-0.2, -0.15) is 5.10 Å². The average Bonchev–Trinajstić information content (AvgIpc) is 3.02. The number of halogens is 1. The van der Waals surface area contributed by atoms with Crippen molar-refractivity contribution in [1.29, 1.82) is 0 Å². The molecule has 0 bridgehead atoms. The summed E-state index contributed by atoms with van der Waals surface area (Å²) < 4.78 is 20.1. The van der Waals surface area contributed by atoms with E-state index in [0.717, 1.165) is 25.5 Å². The van der Waals surface area contributed by atoms with Crippen LogP contribution in [0.25, 0.3) is 0 Å². The predicted octanol–water partition coefficient (Wildman–Crippen LogP) is 1.09. The number of rotatable bonds is 7. The maximum absolute atomic E-state index is 12.8. The highest BCUT2D eigenvalue weighted by Crippen LogP contribution is 2.15. The quantitative estimate of drug-likeness (QED) is 0.712. The van der Waals surface area contributed by atoms with Gasteiger partial charge in [-0.3, -0.25) is 0 Å². The van der Waals surface area contributed by atoms with E-state index in [1.165, 1.54) is 12.1 Å². The van der Waals surface area contributed by atoms with Crippen LogP contribution in [0, 0.1) is 11.7 Å². The number of aliphatic hydroxyl groups excluding tert-OH is 1. The van der Waals surface area contributed by atoms with E-state index in [0.29, 0.717) is 18.2 Å². The Morgan fingerprint density at radius 2 is 2.22 bits per heavy atom. The molecule has 6 nitrogen and oxygen atoms in total. The van der Waals surface area contributed by atoms with Crippen LogP contribution in [0.3, 0.4) is 0 Å². The number of fused-ring (bicyclic) bond motifs is 1. The van der Waals surface area contributed by atoms with Crippen molar-refractivity contribution in [3.8, 4) is 5.75 Å². The fourth-order valence-electron chi connectivity index (χ4n) is 2.56. The number of nitrogens with zero attached hydrogens (tertiary/aromatic N) is 2. The van der Waals surface area contributed by atoms with Gasteiger partial charge >= 0.3 is 0 Å². The molecule has 0 unspecified atom stereocenters. The monoisotopic (exact) mass is 320 g/mol. The van der Waals surface area contributed by atoms with Gasteiger partial charge in [0.1, 0.15) is 30.1 Å². The summed E-state index contributed by atoms with van der Waals surface area (Å²) in [7, 11) is 0. The number of hydrogen-bond acceptors (Lipinski definition) is 5. The maximum atomic E-state index is 12.8. The highest BCUT2D eigenvalue weighted by atomic mass is 19.1. The summed E-state index contributed by atoms with van der Waals surface area (Å²) in [6.07, 6.45) is 1.17. The van der Waals surface area contributed by atoms with Gasteiger partial charge in [-0.25, -0.2) is 9.07 Å². The van der Waals surface area contributed by atoms with E-state index in [-0.39, 0.29) is 12.4 Å². The summed E-state index contributed by atoms with van der Waals surface area (Å²) in [5.74, 6) is 1.72. The Bertz CT molecular complexity index is 617. The number of aliphatic hydroxyl groups is 1. The minimum absolute atomic E-state index is 0.171. The van der Waals surface area contributed by atoms with Crippen LogP contribution in [0.15, 0.2) is 36.5 Å². The Balaban J connectivity index is 1.33. The minimum Gasteiger partial charge on any atom is -0.491 e. The van der Waals surface area contributed by atoms with E-state index >= 15 is 0 Å². The molecule has 0 saturated heterocycles. The van der Waals surface area contributed by atoms with Gasteiger partial charge in [0, 0.05) is 38.2 Å². The van der Waals surface area contributed by atoms with Crippen LogP contribution in [0.5, 0.6) is 5.75 Å². The van der Waals surface area contributed by atoms with Crippen molar-refractivity contribution in [1.82, 2.24) is 15.1 Å². The highest BCUT2D eigenvalue weighted by molar-refractivity contribution is 5.35. The smallest absolute Gasteiger partial charge is 0.124 e. The summed E-state index contributed by atoms with van der Waals surface area (Å²) in [5, 5.41) is 20.8. The Labute approximate surface area is 134 Å². The largest absolute Gasteiger partial charge is 0.491 e. The van der Waals surface area contributed by atoms with Crippen molar-refractivity contribution in [2.75, 3.05) is 31.6 Å². The van der Waals surface area contributed by atoms with Crippen molar-refractivity contribution in [2.24, 2.45) is 5.92 Å². The van der Waals surface area contributed by atoms with E-state index in [1.54, 1.807) is 18.3 Å². The van der Waals surface area contributed by atoms with Gasteiger partial charge in [-0.1, -0.05) is 0 Å². The number of benzene rings is 1. The van der Waals surface area contributed by atoms with E-state index in [1.807, 2.05) is 10.7 Å². The summed E-state index contributed by atoms with van der Waals surface area (Å²) in [4.78, 5) is 0. The van der Waals surface area contributed by atoms with Gasteiger partial charge in [-0.05, 0) is 24.3 Å². The molecule has 3 N–H and O–H groups in total. The van der Waals surface area contributed by atoms with E-state index in [9.17, 15) is 9.50 Å². The van der Waals surface area contributed by atoms with Crippen LogP contribution in [-0.2, 0) is 6.54 Å². The van der Waals surface area contributed by atoms with E-state index in [4.69, 9.17) is 4.74 Å². The second-order valence-corrected chi connectivity index (χ2v) is 5.72. The topological polar surface area (TPSA) is 71.3 Å². The van der Waals surface area contributed by atoms with Gasteiger partial charge in [0.2, 0.25) is 0 Å². The number of aromatic nitrogens is 2. The number of anilines is 1. The van der Waals surface area contributed by atoms with Crippen LogP contribution in [-0.4, -0.2) is 47.2 Å². The first-order valence-electron chi connectivity index (χ1n) is 7.73. The Morgan fingerprint density at radius 1 is 1.39 bits per heavy atom. The molecule has 23 heavy (non-hydrogen) atoms. The third kappa shape index (κ3) is 4.43. The highest BCUT2D eigenvalue weighted by Gasteiger charge is 2.18. The lowest BCUT2D eigenvalue weighted by Crippen LogP contribution is -2.39. The number of nitrogens with one attached hydrogen (secondary N) is 2. The molecule has 7 heteroatoms. The van der Waals surface area contributed by atoms with E-state index in [2.05, 4.69) is 15.7 Å². The van der Waals surface area contributed by atoms with Gasteiger partial charge in [0.15, 0.2) is 0 Å². The zero-order chi connectivity index (χ0) is 16.1. The molecule has 2 heterocycles. The average molecular weight is 320 g/mol.